The second-order valence-corrected chi connectivity index (χ2v) is 3.55. The zero-order valence-electron chi connectivity index (χ0n) is 5.24. The van der Waals surface area contributed by atoms with Crippen LogP contribution >= 0.6 is 0 Å². The van der Waals surface area contributed by atoms with E-state index in [4.69, 9.17) is 5.11 Å². The van der Waals surface area contributed by atoms with Crippen molar-refractivity contribution in [3.05, 3.63) is 0 Å². The Kier molecular flexibility index (Phi) is 3.10. The Morgan fingerprint density at radius 3 is 2.22 bits per heavy atom. The fraction of sp³-hybridized carbons (Fsp3) is 1.00. The van der Waals surface area contributed by atoms with Crippen molar-refractivity contribution >= 4 is 10.0 Å². The Hall–Kier alpha value is -0.130. The summed E-state index contributed by atoms with van der Waals surface area (Å²) in [5.74, 6) is -0.344. The van der Waals surface area contributed by atoms with E-state index in [9.17, 15) is 8.42 Å². The summed E-state index contributed by atoms with van der Waals surface area (Å²) in [6.45, 7) is 1.69. The predicted molar refractivity (Wildman–Crippen MR) is 34.3 cm³/mol. The summed E-state index contributed by atoms with van der Waals surface area (Å²) in [6, 6.07) is 0. The van der Waals surface area contributed by atoms with Crippen LogP contribution in [0.25, 0.3) is 0 Å². The van der Waals surface area contributed by atoms with Crippen LogP contribution in [0.5, 0.6) is 0 Å². The molecule has 0 rings (SSSR count). The Morgan fingerprint density at radius 1 is 1.67 bits per heavy atom. The maximum atomic E-state index is 10.2. The quantitative estimate of drug-likeness (QED) is 0.548. The van der Waals surface area contributed by atoms with Crippen molar-refractivity contribution in [3.63, 3.8) is 0 Å². The van der Waals surface area contributed by atoms with Crippen LogP contribution in [0, 0.1) is 0 Å². The van der Waals surface area contributed by atoms with E-state index >= 15 is 0 Å². The first-order valence-electron chi connectivity index (χ1n) is 2.64. The van der Waals surface area contributed by atoms with Crippen molar-refractivity contribution in [2.75, 3.05) is 5.75 Å². The van der Waals surface area contributed by atoms with Crippen molar-refractivity contribution < 1.29 is 13.5 Å². The Labute approximate surface area is 54.7 Å². The molecule has 0 saturated heterocycles. The molecule has 1 atom stereocenters. The van der Waals surface area contributed by atoms with Gasteiger partial charge in [-0.05, 0) is 6.42 Å². The van der Waals surface area contributed by atoms with Crippen LogP contribution in [0.3, 0.4) is 0 Å². The standard InChI is InChI=1S/C4H11NO3S/c1-2-4(6)3-9(5,7)8/h4,6H,2-3H2,1H3,(H2,5,7,8). The molecule has 5 heteroatoms. The summed E-state index contributed by atoms with van der Waals surface area (Å²) in [5.41, 5.74) is 0. The van der Waals surface area contributed by atoms with E-state index in [-0.39, 0.29) is 5.75 Å². The minimum absolute atomic E-state index is 0.344. The first-order chi connectivity index (χ1) is 3.95. The molecule has 56 valence electrons. The summed E-state index contributed by atoms with van der Waals surface area (Å²) in [5, 5.41) is 13.4. The summed E-state index contributed by atoms with van der Waals surface area (Å²) >= 11 is 0. The lowest BCUT2D eigenvalue weighted by atomic mass is 10.3. The van der Waals surface area contributed by atoms with Gasteiger partial charge in [0.25, 0.3) is 0 Å². The molecule has 0 aromatic heterocycles. The smallest absolute Gasteiger partial charge is 0.211 e. The first kappa shape index (κ1) is 8.87. The fourth-order valence-electron chi connectivity index (χ4n) is 0.386. The molecule has 0 aliphatic heterocycles. The highest BCUT2D eigenvalue weighted by Gasteiger charge is 2.09. The van der Waals surface area contributed by atoms with Crippen molar-refractivity contribution in [2.45, 2.75) is 19.4 Å². The largest absolute Gasteiger partial charge is 0.392 e. The summed E-state index contributed by atoms with van der Waals surface area (Å²) in [6.07, 6.45) is -0.406. The molecule has 0 aliphatic carbocycles. The lowest BCUT2D eigenvalue weighted by Gasteiger charge is -2.03. The lowest BCUT2D eigenvalue weighted by molar-refractivity contribution is 0.193. The van der Waals surface area contributed by atoms with E-state index in [1.165, 1.54) is 0 Å². The monoisotopic (exact) mass is 153 g/mol. The second-order valence-electron chi connectivity index (χ2n) is 1.89. The van der Waals surface area contributed by atoms with Gasteiger partial charge in [0.05, 0.1) is 11.9 Å². The number of sulfonamides is 1. The third-order valence-corrected chi connectivity index (χ3v) is 1.75. The number of rotatable bonds is 3. The van der Waals surface area contributed by atoms with Crippen LogP contribution in [0.2, 0.25) is 0 Å². The molecule has 0 saturated carbocycles. The molecule has 0 bridgehead atoms. The average molecular weight is 153 g/mol. The minimum Gasteiger partial charge on any atom is -0.392 e. The molecule has 0 spiro atoms. The van der Waals surface area contributed by atoms with E-state index in [0.29, 0.717) is 6.42 Å². The van der Waals surface area contributed by atoms with Crippen molar-refractivity contribution in [1.29, 1.82) is 0 Å². The zero-order valence-corrected chi connectivity index (χ0v) is 6.06. The van der Waals surface area contributed by atoms with Gasteiger partial charge in [-0.1, -0.05) is 6.92 Å². The fourth-order valence-corrected chi connectivity index (χ4v) is 1.16. The highest BCUT2D eigenvalue weighted by molar-refractivity contribution is 7.89. The Balaban J connectivity index is 3.75. The van der Waals surface area contributed by atoms with Gasteiger partial charge in [0.2, 0.25) is 10.0 Å². The van der Waals surface area contributed by atoms with Crippen LogP contribution < -0.4 is 5.14 Å². The third kappa shape index (κ3) is 5.75. The third-order valence-electron chi connectivity index (χ3n) is 0.896. The molecular weight excluding hydrogens is 142 g/mol. The van der Waals surface area contributed by atoms with Crippen molar-refractivity contribution in [1.82, 2.24) is 0 Å². The molecule has 0 amide bonds. The summed E-state index contributed by atoms with van der Waals surface area (Å²) < 4.78 is 20.4. The van der Waals surface area contributed by atoms with Crippen LogP contribution in [0.15, 0.2) is 0 Å². The van der Waals surface area contributed by atoms with Gasteiger partial charge in [-0.25, -0.2) is 13.6 Å². The zero-order chi connectivity index (χ0) is 7.49. The Morgan fingerprint density at radius 2 is 2.11 bits per heavy atom. The van der Waals surface area contributed by atoms with E-state index in [2.05, 4.69) is 5.14 Å². The molecule has 4 nitrogen and oxygen atoms in total. The van der Waals surface area contributed by atoms with Gasteiger partial charge in [0, 0.05) is 0 Å². The number of aliphatic hydroxyl groups excluding tert-OH is 1. The molecule has 0 aliphatic rings. The summed E-state index contributed by atoms with van der Waals surface area (Å²) in [7, 11) is -3.49. The van der Waals surface area contributed by atoms with E-state index in [1.807, 2.05) is 0 Å². The molecule has 0 radical (unpaired) electrons. The van der Waals surface area contributed by atoms with Gasteiger partial charge in [0.15, 0.2) is 0 Å². The van der Waals surface area contributed by atoms with Gasteiger partial charge < -0.3 is 5.11 Å². The van der Waals surface area contributed by atoms with Gasteiger partial charge in [-0.15, -0.1) is 0 Å². The van der Waals surface area contributed by atoms with Crippen molar-refractivity contribution in [2.24, 2.45) is 5.14 Å². The SMILES string of the molecule is CCC(O)CS(N)(=O)=O. The van der Waals surface area contributed by atoms with Gasteiger partial charge in [-0.3, -0.25) is 0 Å². The number of hydrogen-bond acceptors (Lipinski definition) is 3. The number of nitrogens with two attached hydrogens (primary N) is 1. The maximum Gasteiger partial charge on any atom is 0.211 e. The minimum atomic E-state index is -3.49. The van der Waals surface area contributed by atoms with Crippen LogP contribution in [0.1, 0.15) is 13.3 Å². The van der Waals surface area contributed by atoms with E-state index in [0.717, 1.165) is 0 Å². The number of aliphatic hydroxyl groups is 1. The highest BCUT2D eigenvalue weighted by Crippen LogP contribution is 1.91. The van der Waals surface area contributed by atoms with Gasteiger partial charge in [-0.2, -0.15) is 0 Å². The summed E-state index contributed by atoms with van der Waals surface area (Å²) in [4.78, 5) is 0. The molecule has 1 unspecified atom stereocenters. The van der Waals surface area contributed by atoms with E-state index in [1.54, 1.807) is 6.92 Å². The topological polar surface area (TPSA) is 80.4 Å². The van der Waals surface area contributed by atoms with Gasteiger partial charge in [0.1, 0.15) is 0 Å². The molecule has 0 aromatic carbocycles. The maximum absolute atomic E-state index is 10.2. The molecule has 0 fully saturated rings. The lowest BCUT2D eigenvalue weighted by Crippen LogP contribution is -2.25. The molecular formula is C4H11NO3S. The van der Waals surface area contributed by atoms with Crippen LogP contribution in [-0.2, 0) is 10.0 Å². The normalized spacial score (nSPS) is 15.4. The average Bonchev–Trinajstić information content (AvgIpc) is 1.62. The molecule has 0 heterocycles. The van der Waals surface area contributed by atoms with Crippen molar-refractivity contribution in [3.8, 4) is 0 Å². The predicted octanol–water partition coefficient (Wildman–Crippen LogP) is -0.954. The second kappa shape index (κ2) is 3.14. The first-order valence-corrected chi connectivity index (χ1v) is 4.35. The molecule has 9 heavy (non-hydrogen) atoms. The van der Waals surface area contributed by atoms with E-state index < -0.39 is 16.1 Å². The number of hydrogen-bond donors (Lipinski definition) is 2. The Bertz CT molecular complexity index is 163. The molecule has 0 aromatic rings. The highest BCUT2D eigenvalue weighted by atomic mass is 32.2. The van der Waals surface area contributed by atoms with Gasteiger partial charge >= 0.3 is 0 Å². The van der Waals surface area contributed by atoms with Crippen LogP contribution in [0.4, 0.5) is 0 Å². The number of primary sulfonamides is 1. The molecule has 3 N–H and O–H groups in total. The van der Waals surface area contributed by atoms with Crippen LogP contribution in [-0.4, -0.2) is 25.4 Å².